The molecule has 1 aromatic rings. The molecular formula is C12H12O4S. The van der Waals surface area contributed by atoms with Crippen molar-refractivity contribution in [3.63, 3.8) is 0 Å². The fourth-order valence-electron chi connectivity index (χ4n) is 1.24. The number of carboxylic acids is 1. The van der Waals surface area contributed by atoms with Crippen LogP contribution in [-0.4, -0.2) is 25.2 Å². The van der Waals surface area contributed by atoms with Crippen LogP contribution in [0.15, 0.2) is 29.2 Å². The van der Waals surface area contributed by atoms with Crippen LogP contribution in [0.1, 0.15) is 12.5 Å². The third-order valence-corrected chi connectivity index (χ3v) is 3.59. The van der Waals surface area contributed by atoms with Gasteiger partial charge in [0.25, 0.3) is 0 Å². The molecule has 17 heavy (non-hydrogen) atoms. The Labute approximate surface area is 100 Å². The summed E-state index contributed by atoms with van der Waals surface area (Å²) in [5.41, 5.74) is 0.568. The zero-order valence-corrected chi connectivity index (χ0v) is 10.1. The van der Waals surface area contributed by atoms with E-state index in [1.54, 1.807) is 6.92 Å². The second-order valence-electron chi connectivity index (χ2n) is 3.40. The van der Waals surface area contributed by atoms with Crippen LogP contribution in [0.5, 0.6) is 0 Å². The van der Waals surface area contributed by atoms with E-state index in [4.69, 9.17) is 5.11 Å². The van der Waals surface area contributed by atoms with Crippen LogP contribution < -0.4 is 0 Å². The second kappa shape index (κ2) is 5.51. The van der Waals surface area contributed by atoms with Gasteiger partial charge < -0.3 is 5.11 Å². The predicted octanol–water partition coefficient (Wildman–Crippen LogP) is 1.11. The maximum atomic E-state index is 11.7. The second-order valence-corrected chi connectivity index (χ2v) is 5.39. The maximum Gasteiger partial charge on any atom is 0.307 e. The minimum Gasteiger partial charge on any atom is -0.481 e. The minimum atomic E-state index is -3.39. The lowest BCUT2D eigenvalue weighted by Gasteiger charge is -2.02. The Bertz CT molecular complexity index is 559. The SMILES string of the molecule is CC#CCS(=O)(=O)c1ccc(CC(=O)O)cc1. The van der Waals surface area contributed by atoms with Crippen molar-refractivity contribution < 1.29 is 18.3 Å². The van der Waals surface area contributed by atoms with Gasteiger partial charge in [0.05, 0.1) is 11.3 Å². The molecule has 0 aromatic heterocycles. The van der Waals surface area contributed by atoms with Crippen molar-refractivity contribution in [3.8, 4) is 11.8 Å². The Balaban J connectivity index is 2.93. The number of sulfone groups is 1. The molecule has 0 fully saturated rings. The van der Waals surface area contributed by atoms with Gasteiger partial charge in [-0.25, -0.2) is 8.42 Å². The Morgan fingerprint density at radius 3 is 2.35 bits per heavy atom. The van der Waals surface area contributed by atoms with E-state index < -0.39 is 15.8 Å². The van der Waals surface area contributed by atoms with Crippen molar-refractivity contribution in [2.45, 2.75) is 18.2 Å². The van der Waals surface area contributed by atoms with Gasteiger partial charge in [0.2, 0.25) is 0 Å². The van der Waals surface area contributed by atoms with Crippen LogP contribution in [0, 0.1) is 11.8 Å². The number of rotatable bonds is 4. The van der Waals surface area contributed by atoms with Crippen molar-refractivity contribution in [2.75, 3.05) is 5.75 Å². The fourth-order valence-corrected chi connectivity index (χ4v) is 2.29. The molecule has 0 aliphatic heterocycles. The highest BCUT2D eigenvalue weighted by Crippen LogP contribution is 2.12. The summed E-state index contributed by atoms with van der Waals surface area (Å²) in [6.07, 6.45) is -0.116. The quantitative estimate of drug-likeness (QED) is 0.815. The molecular weight excluding hydrogens is 240 g/mol. The maximum absolute atomic E-state index is 11.7. The summed E-state index contributed by atoms with van der Waals surface area (Å²) < 4.78 is 23.4. The molecule has 0 unspecified atom stereocenters. The summed E-state index contributed by atoms with van der Waals surface area (Å²) in [5, 5.41) is 8.58. The first-order chi connectivity index (χ1) is 7.95. The predicted molar refractivity (Wildman–Crippen MR) is 63.3 cm³/mol. The lowest BCUT2D eigenvalue weighted by Crippen LogP contribution is -2.06. The Morgan fingerprint density at radius 2 is 1.88 bits per heavy atom. The zero-order chi connectivity index (χ0) is 12.9. The number of hydrogen-bond acceptors (Lipinski definition) is 3. The van der Waals surface area contributed by atoms with Gasteiger partial charge in [0.15, 0.2) is 9.84 Å². The smallest absolute Gasteiger partial charge is 0.307 e. The third kappa shape index (κ3) is 3.93. The lowest BCUT2D eigenvalue weighted by atomic mass is 10.2. The molecule has 0 aliphatic carbocycles. The molecule has 0 heterocycles. The monoisotopic (exact) mass is 252 g/mol. The number of aliphatic carboxylic acids is 1. The number of benzene rings is 1. The zero-order valence-electron chi connectivity index (χ0n) is 9.30. The molecule has 5 heteroatoms. The molecule has 1 N–H and O–H groups in total. The van der Waals surface area contributed by atoms with Crippen molar-refractivity contribution in [2.24, 2.45) is 0 Å². The summed E-state index contributed by atoms with van der Waals surface area (Å²) in [6, 6.07) is 5.82. The average molecular weight is 252 g/mol. The van der Waals surface area contributed by atoms with Gasteiger partial charge in [-0.2, -0.15) is 0 Å². The van der Waals surface area contributed by atoms with Crippen molar-refractivity contribution in [3.05, 3.63) is 29.8 Å². The van der Waals surface area contributed by atoms with Gasteiger partial charge in [-0.3, -0.25) is 4.79 Å². The molecule has 0 bridgehead atoms. The fraction of sp³-hybridized carbons (Fsp3) is 0.250. The van der Waals surface area contributed by atoms with E-state index in [0.717, 1.165) is 0 Å². The van der Waals surface area contributed by atoms with E-state index in [-0.39, 0.29) is 17.1 Å². The Morgan fingerprint density at radius 1 is 1.29 bits per heavy atom. The van der Waals surface area contributed by atoms with E-state index in [2.05, 4.69) is 11.8 Å². The van der Waals surface area contributed by atoms with E-state index >= 15 is 0 Å². The van der Waals surface area contributed by atoms with Gasteiger partial charge in [0.1, 0.15) is 5.75 Å². The topological polar surface area (TPSA) is 71.4 Å². The highest BCUT2D eigenvalue weighted by atomic mass is 32.2. The Hall–Kier alpha value is -1.80. The van der Waals surface area contributed by atoms with Crippen LogP contribution in [0.25, 0.3) is 0 Å². The highest BCUT2D eigenvalue weighted by Gasteiger charge is 2.12. The van der Waals surface area contributed by atoms with E-state index in [9.17, 15) is 13.2 Å². The molecule has 0 saturated carbocycles. The molecule has 0 spiro atoms. The van der Waals surface area contributed by atoms with Gasteiger partial charge in [-0.05, 0) is 24.6 Å². The molecule has 0 radical (unpaired) electrons. The number of carboxylic acid groups (broad SMARTS) is 1. The first-order valence-electron chi connectivity index (χ1n) is 4.89. The number of hydrogen-bond donors (Lipinski definition) is 1. The highest BCUT2D eigenvalue weighted by molar-refractivity contribution is 7.91. The Kier molecular flexibility index (Phi) is 4.30. The average Bonchev–Trinajstić information content (AvgIpc) is 2.26. The summed E-state index contributed by atoms with van der Waals surface area (Å²) >= 11 is 0. The summed E-state index contributed by atoms with van der Waals surface area (Å²) in [5.74, 6) is 3.86. The van der Waals surface area contributed by atoms with Gasteiger partial charge in [-0.15, -0.1) is 5.92 Å². The normalized spacial score (nSPS) is 10.4. The van der Waals surface area contributed by atoms with Crippen LogP contribution in [0.3, 0.4) is 0 Å². The molecule has 1 rings (SSSR count). The van der Waals surface area contributed by atoms with E-state index in [1.807, 2.05) is 0 Å². The summed E-state index contributed by atoms with van der Waals surface area (Å²) in [4.78, 5) is 10.6. The molecule has 0 saturated heterocycles. The largest absolute Gasteiger partial charge is 0.481 e. The van der Waals surface area contributed by atoms with Crippen LogP contribution in [-0.2, 0) is 21.1 Å². The molecule has 90 valence electrons. The van der Waals surface area contributed by atoms with Crippen molar-refractivity contribution in [1.29, 1.82) is 0 Å². The van der Waals surface area contributed by atoms with Crippen LogP contribution >= 0.6 is 0 Å². The van der Waals surface area contributed by atoms with Gasteiger partial charge in [0, 0.05) is 0 Å². The first kappa shape index (κ1) is 13.3. The van der Waals surface area contributed by atoms with Crippen LogP contribution in [0.2, 0.25) is 0 Å². The molecule has 4 nitrogen and oxygen atoms in total. The third-order valence-electron chi connectivity index (χ3n) is 2.08. The molecule has 0 aliphatic rings. The molecule has 1 aromatic carbocycles. The van der Waals surface area contributed by atoms with E-state index in [1.165, 1.54) is 24.3 Å². The standard InChI is InChI=1S/C12H12O4S/c1-2-3-8-17(15,16)11-6-4-10(5-7-11)9-12(13)14/h4-7H,8-9H2,1H3,(H,13,14). The van der Waals surface area contributed by atoms with Crippen LogP contribution in [0.4, 0.5) is 0 Å². The summed E-state index contributed by atoms with van der Waals surface area (Å²) in [7, 11) is -3.39. The van der Waals surface area contributed by atoms with Gasteiger partial charge in [-0.1, -0.05) is 18.1 Å². The van der Waals surface area contributed by atoms with Crippen molar-refractivity contribution >= 4 is 15.8 Å². The van der Waals surface area contributed by atoms with Gasteiger partial charge >= 0.3 is 5.97 Å². The molecule has 0 amide bonds. The first-order valence-corrected chi connectivity index (χ1v) is 6.54. The molecule has 0 atom stereocenters. The lowest BCUT2D eigenvalue weighted by molar-refractivity contribution is -0.136. The summed E-state index contributed by atoms with van der Waals surface area (Å²) in [6.45, 7) is 1.57. The van der Waals surface area contributed by atoms with E-state index in [0.29, 0.717) is 5.56 Å². The van der Waals surface area contributed by atoms with Crippen molar-refractivity contribution in [1.82, 2.24) is 0 Å². The minimum absolute atomic E-state index is 0.116. The number of carbonyl (C=O) groups is 1.